The Morgan fingerprint density at radius 1 is 1.12 bits per heavy atom. The molecule has 224 valence electrons. The van der Waals surface area contributed by atoms with Crippen molar-refractivity contribution in [1.82, 2.24) is 19.8 Å². The predicted octanol–water partition coefficient (Wildman–Crippen LogP) is 4.81. The Labute approximate surface area is 261 Å². The second-order valence-electron chi connectivity index (χ2n) is 11.8. The third-order valence-electron chi connectivity index (χ3n) is 9.13. The molecule has 3 aliphatic heterocycles. The summed E-state index contributed by atoms with van der Waals surface area (Å²) >= 11 is 3.24. The van der Waals surface area contributed by atoms with Crippen LogP contribution >= 0.6 is 15.9 Å². The first-order chi connectivity index (χ1) is 20.8. The Kier molecular flexibility index (Phi) is 8.55. The molecule has 3 aromatic rings. The summed E-state index contributed by atoms with van der Waals surface area (Å²) in [5.41, 5.74) is 4.57. The summed E-state index contributed by atoms with van der Waals surface area (Å²) in [6.07, 6.45) is 3.30. The van der Waals surface area contributed by atoms with E-state index in [2.05, 4.69) is 93.6 Å². The Bertz CT molecular complexity index is 1580. The van der Waals surface area contributed by atoms with Gasteiger partial charge in [-0.25, -0.2) is 0 Å². The van der Waals surface area contributed by atoms with Gasteiger partial charge in [0.1, 0.15) is 12.4 Å². The van der Waals surface area contributed by atoms with Crippen LogP contribution in [-0.4, -0.2) is 84.1 Å². The number of halogens is 1. The zero-order chi connectivity index (χ0) is 30.1. The molecule has 0 aliphatic carbocycles. The molecule has 0 radical (unpaired) electrons. The quantitative estimate of drug-likeness (QED) is 0.339. The number of carbonyl (C=O) groups is 1. The molecule has 0 saturated carbocycles. The van der Waals surface area contributed by atoms with Gasteiger partial charge in [-0.1, -0.05) is 36.9 Å². The standard InChI is InChI=1S/C33H38BrN7O2/c1-22-7-4-8-24-9-5-11-29(30(22)24)39-16-13-27-28(20-39)36-33(43-21-26-10-6-15-38(26)3)37-31(27)40-17-18-41(32(42)23(2)34)25(19-40)12-14-35/h4-5,7-9,11,25-26H,2,6,10,12-13,15-21H2,1,3H3/t25-,26-/m0/s1. The van der Waals surface area contributed by atoms with Gasteiger partial charge in [0, 0.05) is 48.9 Å². The highest BCUT2D eigenvalue weighted by Gasteiger charge is 2.34. The second-order valence-corrected chi connectivity index (χ2v) is 12.8. The number of likely N-dealkylation sites (tertiary alicyclic amines) is 1. The number of carbonyl (C=O) groups excluding carboxylic acids is 1. The fourth-order valence-electron chi connectivity index (χ4n) is 6.80. The van der Waals surface area contributed by atoms with Crippen molar-refractivity contribution < 1.29 is 9.53 Å². The van der Waals surface area contributed by atoms with Gasteiger partial charge < -0.3 is 24.3 Å². The summed E-state index contributed by atoms with van der Waals surface area (Å²) in [5.74, 6) is 0.691. The van der Waals surface area contributed by atoms with Crippen LogP contribution in [0.1, 0.15) is 36.1 Å². The van der Waals surface area contributed by atoms with E-state index in [1.54, 1.807) is 4.90 Å². The monoisotopic (exact) mass is 643 g/mol. The molecule has 2 atom stereocenters. The highest BCUT2D eigenvalue weighted by Crippen LogP contribution is 2.36. The van der Waals surface area contributed by atoms with Crippen LogP contribution < -0.4 is 14.5 Å². The molecule has 1 amide bonds. The number of ether oxygens (including phenoxy) is 1. The smallest absolute Gasteiger partial charge is 0.318 e. The maximum Gasteiger partial charge on any atom is 0.318 e. The van der Waals surface area contributed by atoms with Gasteiger partial charge in [0.2, 0.25) is 0 Å². The molecule has 43 heavy (non-hydrogen) atoms. The normalized spacial score (nSPS) is 20.7. The van der Waals surface area contributed by atoms with Gasteiger partial charge in [-0.3, -0.25) is 4.79 Å². The van der Waals surface area contributed by atoms with E-state index >= 15 is 0 Å². The minimum absolute atomic E-state index is 0.171. The summed E-state index contributed by atoms with van der Waals surface area (Å²) < 4.78 is 6.61. The van der Waals surface area contributed by atoms with Crippen molar-refractivity contribution in [2.45, 2.75) is 51.2 Å². The SMILES string of the molecule is C=C(Br)C(=O)N1CCN(c2nc(OC[C@@H]3CCCN3C)nc3c2CCN(c2cccc4cccc(C)c24)C3)C[C@@H]1CC#N. The molecule has 4 heterocycles. The largest absolute Gasteiger partial charge is 0.462 e. The third kappa shape index (κ3) is 5.93. The lowest BCUT2D eigenvalue weighted by atomic mass is 9.99. The van der Waals surface area contributed by atoms with Crippen molar-refractivity contribution in [3.8, 4) is 12.1 Å². The topological polar surface area (TPSA) is 88.8 Å². The Morgan fingerprint density at radius 2 is 1.93 bits per heavy atom. The summed E-state index contributed by atoms with van der Waals surface area (Å²) in [5, 5.41) is 12.1. The zero-order valence-electron chi connectivity index (χ0n) is 24.9. The highest BCUT2D eigenvalue weighted by molar-refractivity contribution is 9.12. The molecule has 0 unspecified atom stereocenters. The van der Waals surface area contributed by atoms with E-state index in [4.69, 9.17) is 14.7 Å². The van der Waals surface area contributed by atoms with Crippen LogP contribution in [0, 0.1) is 18.3 Å². The number of aromatic nitrogens is 2. The van der Waals surface area contributed by atoms with Crippen LogP contribution in [0.2, 0.25) is 0 Å². The Balaban J connectivity index is 1.34. The summed E-state index contributed by atoms with van der Waals surface area (Å²) in [6, 6.07) is 15.7. The third-order valence-corrected chi connectivity index (χ3v) is 9.47. The van der Waals surface area contributed by atoms with E-state index in [1.807, 2.05) is 0 Å². The number of piperazine rings is 1. The van der Waals surface area contributed by atoms with Crippen LogP contribution in [0.25, 0.3) is 10.8 Å². The van der Waals surface area contributed by atoms with E-state index in [0.717, 1.165) is 43.0 Å². The minimum atomic E-state index is -0.263. The molecule has 3 aliphatic rings. The molecule has 0 N–H and O–H groups in total. The van der Waals surface area contributed by atoms with Crippen molar-refractivity contribution in [1.29, 1.82) is 5.26 Å². The fraction of sp³-hybridized carbons (Fsp3) is 0.455. The lowest BCUT2D eigenvalue weighted by Crippen LogP contribution is -2.55. The van der Waals surface area contributed by atoms with Crippen molar-refractivity contribution in [2.75, 3.05) is 56.2 Å². The van der Waals surface area contributed by atoms with Crippen LogP contribution in [0.15, 0.2) is 47.5 Å². The maximum absolute atomic E-state index is 12.8. The molecular formula is C33H38BrN7O2. The van der Waals surface area contributed by atoms with E-state index in [1.165, 1.54) is 28.4 Å². The number of anilines is 2. The van der Waals surface area contributed by atoms with Crippen LogP contribution in [0.3, 0.4) is 0 Å². The van der Waals surface area contributed by atoms with Gasteiger partial charge in [0.15, 0.2) is 0 Å². The Hall–Kier alpha value is -3.68. The van der Waals surface area contributed by atoms with Gasteiger partial charge in [0.25, 0.3) is 5.91 Å². The van der Waals surface area contributed by atoms with E-state index < -0.39 is 0 Å². The molecule has 0 spiro atoms. The van der Waals surface area contributed by atoms with Crippen LogP contribution in [0.4, 0.5) is 11.5 Å². The zero-order valence-corrected chi connectivity index (χ0v) is 26.5. The summed E-state index contributed by atoms with van der Waals surface area (Å²) in [4.78, 5) is 31.6. The molecular weight excluding hydrogens is 606 g/mol. The molecule has 0 bridgehead atoms. The first kappa shape index (κ1) is 29.4. The van der Waals surface area contributed by atoms with Gasteiger partial charge in [-0.15, -0.1) is 0 Å². The fourth-order valence-corrected chi connectivity index (χ4v) is 7.03. The first-order valence-electron chi connectivity index (χ1n) is 15.1. The number of amides is 1. The van der Waals surface area contributed by atoms with Gasteiger partial charge in [-0.2, -0.15) is 15.2 Å². The van der Waals surface area contributed by atoms with Crippen molar-refractivity contribution in [2.24, 2.45) is 0 Å². The average Bonchev–Trinajstić information content (AvgIpc) is 3.43. The number of benzene rings is 2. The van der Waals surface area contributed by atoms with Gasteiger partial charge in [0.05, 0.1) is 35.3 Å². The molecule has 1 aromatic heterocycles. The predicted molar refractivity (Wildman–Crippen MR) is 173 cm³/mol. The Morgan fingerprint density at radius 3 is 2.67 bits per heavy atom. The molecule has 2 aromatic carbocycles. The number of hydrogen-bond donors (Lipinski definition) is 0. The van der Waals surface area contributed by atoms with Gasteiger partial charge >= 0.3 is 6.01 Å². The van der Waals surface area contributed by atoms with Crippen LogP contribution in [-0.2, 0) is 17.8 Å². The number of hydrogen-bond acceptors (Lipinski definition) is 8. The van der Waals surface area contributed by atoms with Crippen molar-refractivity contribution in [3.63, 3.8) is 0 Å². The maximum atomic E-state index is 12.8. The number of fused-ring (bicyclic) bond motifs is 2. The molecule has 2 saturated heterocycles. The number of likely N-dealkylation sites (N-methyl/N-ethyl adjacent to an activating group) is 1. The number of nitriles is 1. The lowest BCUT2D eigenvalue weighted by Gasteiger charge is -2.42. The van der Waals surface area contributed by atoms with E-state index in [-0.39, 0.29) is 18.4 Å². The molecule has 6 rings (SSSR count). The molecule has 10 heteroatoms. The van der Waals surface area contributed by atoms with E-state index in [9.17, 15) is 10.1 Å². The summed E-state index contributed by atoms with van der Waals surface area (Å²) in [6.45, 7) is 10.7. The van der Waals surface area contributed by atoms with Crippen molar-refractivity contribution >= 4 is 44.1 Å². The highest BCUT2D eigenvalue weighted by atomic mass is 79.9. The van der Waals surface area contributed by atoms with Gasteiger partial charge in [-0.05, 0) is 72.7 Å². The number of rotatable bonds is 7. The number of aryl methyl sites for hydroxylation is 1. The lowest BCUT2D eigenvalue weighted by molar-refractivity contribution is -0.128. The van der Waals surface area contributed by atoms with Crippen LogP contribution in [0.5, 0.6) is 6.01 Å². The minimum Gasteiger partial charge on any atom is -0.462 e. The molecule has 9 nitrogen and oxygen atoms in total. The van der Waals surface area contributed by atoms with Crippen molar-refractivity contribution in [3.05, 3.63) is 64.3 Å². The summed E-state index contributed by atoms with van der Waals surface area (Å²) in [7, 11) is 2.14. The second kappa shape index (κ2) is 12.5. The molecule has 2 fully saturated rings. The first-order valence-corrected chi connectivity index (χ1v) is 15.9. The number of nitrogens with zero attached hydrogens (tertiary/aromatic N) is 7. The average molecular weight is 645 g/mol. The van der Waals surface area contributed by atoms with E-state index in [0.29, 0.717) is 49.3 Å².